The SMILES string of the molecule is CCCCCCn1nnc(C(C)C)c1C(C)C. The van der Waals surface area contributed by atoms with Crippen LogP contribution in [0, 0.1) is 0 Å². The number of hydrogen-bond acceptors (Lipinski definition) is 2. The molecular weight excluding hydrogens is 210 g/mol. The Morgan fingerprint density at radius 2 is 1.71 bits per heavy atom. The molecule has 3 heteroatoms. The van der Waals surface area contributed by atoms with Crippen LogP contribution in [0.3, 0.4) is 0 Å². The number of rotatable bonds is 7. The molecule has 0 unspecified atom stereocenters. The zero-order chi connectivity index (χ0) is 12.8. The fraction of sp³-hybridized carbons (Fsp3) is 0.857. The van der Waals surface area contributed by atoms with E-state index >= 15 is 0 Å². The first-order valence-corrected chi connectivity index (χ1v) is 7.01. The minimum absolute atomic E-state index is 0.469. The molecule has 0 aliphatic rings. The molecule has 0 amide bonds. The molecule has 0 saturated carbocycles. The van der Waals surface area contributed by atoms with Crippen molar-refractivity contribution in [3.63, 3.8) is 0 Å². The lowest BCUT2D eigenvalue weighted by Gasteiger charge is -2.12. The lowest BCUT2D eigenvalue weighted by Crippen LogP contribution is -2.08. The van der Waals surface area contributed by atoms with Gasteiger partial charge in [0, 0.05) is 6.54 Å². The maximum Gasteiger partial charge on any atom is 0.0887 e. The van der Waals surface area contributed by atoms with E-state index in [2.05, 4.69) is 49.6 Å². The number of aromatic nitrogens is 3. The Labute approximate surface area is 106 Å². The van der Waals surface area contributed by atoms with E-state index in [1.807, 2.05) is 0 Å². The number of nitrogens with zero attached hydrogens (tertiary/aromatic N) is 3. The van der Waals surface area contributed by atoms with E-state index in [9.17, 15) is 0 Å². The average Bonchev–Trinajstić information content (AvgIpc) is 2.68. The molecular formula is C14H27N3. The maximum absolute atomic E-state index is 4.35. The number of hydrogen-bond donors (Lipinski definition) is 0. The molecule has 1 aromatic rings. The summed E-state index contributed by atoms with van der Waals surface area (Å²) in [5.41, 5.74) is 2.51. The zero-order valence-corrected chi connectivity index (χ0v) is 12.0. The van der Waals surface area contributed by atoms with Crippen molar-refractivity contribution in [3.8, 4) is 0 Å². The molecule has 0 saturated heterocycles. The van der Waals surface area contributed by atoms with Crippen molar-refractivity contribution < 1.29 is 0 Å². The van der Waals surface area contributed by atoms with Crippen molar-refractivity contribution in [1.82, 2.24) is 15.0 Å². The summed E-state index contributed by atoms with van der Waals surface area (Å²) in [4.78, 5) is 0. The second-order valence-electron chi connectivity index (χ2n) is 5.45. The fourth-order valence-corrected chi connectivity index (χ4v) is 2.19. The Kier molecular flexibility index (Phi) is 5.66. The first-order chi connectivity index (χ1) is 8.07. The van der Waals surface area contributed by atoms with Gasteiger partial charge in [0.15, 0.2) is 0 Å². The van der Waals surface area contributed by atoms with Gasteiger partial charge in [0.25, 0.3) is 0 Å². The average molecular weight is 237 g/mol. The molecule has 1 aromatic heterocycles. The van der Waals surface area contributed by atoms with Gasteiger partial charge in [0.1, 0.15) is 0 Å². The molecule has 0 aliphatic carbocycles. The molecule has 3 nitrogen and oxygen atoms in total. The van der Waals surface area contributed by atoms with E-state index in [1.54, 1.807) is 0 Å². The Balaban J connectivity index is 2.71. The minimum atomic E-state index is 0.469. The number of aryl methyl sites for hydroxylation is 1. The quantitative estimate of drug-likeness (QED) is 0.668. The third-order valence-electron chi connectivity index (χ3n) is 3.12. The van der Waals surface area contributed by atoms with Crippen LogP contribution < -0.4 is 0 Å². The van der Waals surface area contributed by atoms with Gasteiger partial charge in [-0.1, -0.05) is 59.1 Å². The Morgan fingerprint density at radius 1 is 1.00 bits per heavy atom. The molecule has 98 valence electrons. The predicted molar refractivity (Wildman–Crippen MR) is 72.3 cm³/mol. The smallest absolute Gasteiger partial charge is 0.0887 e. The standard InChI is InChI=1S/C14H27N3/c1-6-7-8-9-10-17-14(12(4)5)13(11(2)3)15-16-17/h11-12H,6-10H2,1-5H3. The van der Waals surface area contributed by atoms with Crippen LogP contribution >= 0.6 is 0 Å². The van der Waals surface area contributed by atoms with E-state index < -0.39 is 0 Å². The molecule has 1 rings (SSSR count). The van der Waals surface area contributed by atoms with Crippen molar-refractivity contribution in [2.24, 2.45) is 0 Å². The first-order valence-electron chi connectivity index (χ1n) is 7.01. The van der Waals surface area contributed by atoms with Crippen LogP contribution in [0.4, 0.5) is 0 Å². The summed E-state index contributed by atoms with van der Waals surface area (Å²) in [5.74, 6) is 0.977. The molecule has 0 atom stereocenters. The second-order valence-corrected chi connectivity index (χ2v) is 5.45. The largest absolute Gasteiger partial charge is 0.249 e. The van der Waals surface area contributed by atoms with Gasteiger partial charge in [-0.25, -0.2) is 4.68 Å². The first kappa shape index (κ1) is 14.2. The summed E-state index contributed by atoms with van der Waals surface area (Å²) in [7, 11) is 0. The molecule has 0 aromatic carbocycles. The summed E-state index contributed by atoms with van der Waals surface area (Å²) in [6, 6.07) is 0. The number of unbranched alkanes of at least 4 members (excludes halogenated alkanes) is 3. The second kappa shape index (κ2) is 6.77. The Morgan fingerprint density at radius 3 is 2.24 bits per heavy atom. The highest BCUT2D eigenvalue weighted by atomic mass is 15.4. The van der Waals surface area contributed by atoms with Crippen molar-refractivity contribution >= 4 is 0 Å². The normalized spacial score (nSPS) is 11.7. The zero-order valence-electron chi connectivity index (χ0n) is 12.0. The predicted octanol–water partition coefficient (Wildman–Crippen LogP) is 4.11. The highest BCUT2D eigenvalue weighted by molar-refractivity contribution is 5.17. The van der Waals surface area contributed by atoms with Crippen LogP contribution in [-0.2, 0) is 6.54 Å². The van der Waals surface area contributed by atoms with Gasteiger partial charge >= 0.3 is 0 Å². The molecule has 0 aliphatic heterocycles. The van der Waals surface area contributed by atoms with E-state index in [-0.39, 0.29) is 0 Å². The monoisotopic (exact) mass is 237 g/mol. The molecule has 0 radical (unpaired) electrons. The van der Waals surface area contributed by atoms with Gasteiger partial charge < -0.3 is 0 Å². The molecule has 0 N–H and O–H groups in total. The van der Waals surface area contributed by atoms with Gasteiger partial charge in [-0.3, -0.25) is 0 Å². The highest BCUT2D eigenvalue weighted by Crippen LogP contribution is 2.24. The Hall–Kier alpha value is -0.860. The van der Waals surface area contributed by atoms with Gasteiger partial charge in [0.05, 0.1) is 11.4 Å². The van der Waals surface area contributed by atoms with E-state index in [0.29, 0.717) is 11.8 Å². The molecule has 0 spiro atoms. The third kappa shape index (κ3) is 3.83. The van der Waals surface area contributed by atoms with Gasteiger partial charge in [-0.15, -0.1) is 5.10 Å². The summed E-state index contributed by atoms with van der Waals surface area (Å²) < 4.78 is 2.12. The minimum Gasteiger partial charge on any atom is -0.249 e. The van der Waals surface area contributed by atoms with Crippen LogP contribution in [0.5, 0.6) is 0 Å². The highest BCUT2D eigenvalue weighted by Gasteiger charge is 2.17. The van der Waals surface area contributed by atoms with E-state index in [1.165, 1.54) is 37.1 Å². The molecule has 1 heterocycles. The van der Waals surface area contributed by atoms with Crippen LogP contribution in [0.25, 0.3) is 0 Å². The fourth-order valence-electron chi connectivity index (χ4n) is 2.19. The van der Waals surface area contributed by atoms with Crippen LogP contribution in [0.15, 0.2) is 0 Å². The Bertz CT molecular complexity index is 326. The topological polar surface area (TPSA) is 30.7 Å². The molecule has 0 fully saturated rings. The van der Waals surface area contributed by atoms with Crippen molar-refractivity contribution in [1.29, 1.82) is 0 Å². The van der Waals surface area contributed by atoms with Crippen LogP contribution in [-0.4, -0.2) is 15.0 Å². The third-order valence-corrected chi connectivity index (χ3v) is 3.12. The molecule has 17 heavy (non-hydrogen) atoms. The van der Waals surface area contributed by atoms with Gasteiger partial charge in [0.2, 0.25) is 0 Å². The van der Waals surface area contributed by atoms with Crippen molar-refractivity contribution in [2.45, 2.75) is 78.7 Å². The van der Waals surface area contributed by atoms with E-state index in [0.717, 1.165) is 6.54 Å². The lowest BCUT2D eigenvalue weighted by molar-refractivity contribution is 0.503. The van der Waals surface area contributed by atoms with Crippen LogP contribution in [0.1, 0.15) is 83.5 Å². The van der Waals surface area contributed by atoms with Gasteiger partial charge in [-0.05, 0) is 18.3 Å². The molecule has 0 bridgehead atoms. The van der Waals surface area contributed by atoms with Gasteiger partial charge in [-0.2, -0.15) is 0 Å². The summed E-state index contributed by atoms with van der Waals surface area (Å²) in [6.07, 6.45) is 5.12. The summed E-state index contributed by atoms with van der Waals surface area (Å²) in [5, 5.41) is 8.67. The van der Waals surface area contributed by atoms with Crippen molar-refractivity contribution in [3.05, 3.63) is 11.4 Å². The van der Waals surface area contributed by atoms with E-state index in [4.69, 9.17) is 0 Å². The van der Waals surface area contributed by atoms with Crippen LogP contribution in [0.2, 0.25) is 0 Å². The van der Waals surface area contributed by atoms with Crippen molar-refractivity contribution in [2.75, 3.05) is 0 Å². The summed E-state index contributed by atoms with van der Waals surface area (Å²) in [6.45, 7) is 12.1. The lowest BCUT2D eigenvalue weighted by atomic mass is 10.0. The summed E-state index contributed by atoms with van der Waals surface area (Å²) >= 11 is 0. The maximum atomic E-state index is 4.35.